The number of carbonyl (C=O) groups is 1. The average Bonchev–Trinajstić information content (AvgIpc) is 1.69. The number of esters is 1. The minimum Gasteiger partial charge on any atom is -0.492 e. The van der Waals surface area contributed by atoms with E-state index in [1.54, 1.807) is 0 Å². The summed E-state index contributed by atoms with van der Waals surface area (Å²) in [7, 11) is 1.29. The van der Waals surface area contributed by atoms with Gasteiger partial charge in [-0.05, 0) is 0 Å². The SMILES string of the molecule is [CH2-]C#N.[CH2-]C(=O)OC.[CH3-].[Y].[Y].[Y]. The minimum atomic E-state index is -0.495. The monoisotopic (exact) mass is 395 g/mol. The molecule has 0 amide bonds. The third kappa shape index (κ3) is 90.5. The van der Waals surface area contributed by atoms with Gasteiger partial charge in [-0.3, -0.25) is 11.7 Å². The second kappa shape index (κ2) is 38.2. The van der Waals surface area contributed by atoms with Crippen molar-refractivity contribution in [1.29, 1.82) is 5.26 Å². The van der Waals surface area contributed by atoms with Gasteiger partial charge in [-0.2, -0.15) is 0 Å². The maximum atomic E-state index is 9.48. The van der Waals surface area contributed by atoms with Gasteiger partial charge in [0.25, 0.3) is 0 Å². The predicted octanol–water partition coefficient (Wildman–Crippen LogP) is 0.780. The van der Waals surface area contributed by atoms with E-state index in [-0.39, 0.29) is 106 Å². The van der Waals surface area contributed by atoms with Crippen molar-refractivity contribution < 1.29 is 108 Å². The number of carbonyl (C=O) groups excluding carboxylic acids is 1. The number of hydrogen-bond donors (Lipinski definition) is 0. The first-order chi connectivity index (χ1) is 3.68. The summed E-state index contributed by atoms with van der Waals surface area (Å²) in [4.78, 5) is 9.48. The van der Waals surface area contributed by atoms with Crippen LogP contribution in [0.4, 0.5) is 0 Å². The third-order valence-electron chi connectivity index (χ3n) is 0.228. The van der Waals surface area contributed by atoms with Crippen molar-refractivity contribution >= 4 is 5.97 Å². The minimum absolute atomic E-state index is 0. The summed E-state index contributed by atoms with van der Waals surface area (Å²) in [5, 5.41) is 7.21. The molecule has 3 radical (unpaired) electrons. The van der Waals surface area contributed by atoms with Gasteiger partial charge in [0.2, 0.25) is 0 Å². The second-order valence-electron chi connectivity index (χ2n) is 0.734. The van der Waals surface area contributed by atoms with Gasteiger partial charge in [0.15, 0.2) is 5.97 Å². The summed E-state index contributed by atoms with van der Waals surface area (Å²) in [5.41, 5.74) is 0. The molecule has 63 valence electrons. The molecule has 6 heteroatoms. The molecule has 0 aliphatic rings. The average molecular weight is 395 g/mol. The maximum Gasteiger partial charge on any atom is 0.164 e. The van der Waals surface area contributed by atoms with Crippen LogP contribution < -0.4 is 0 Å². The van der Waals surface area contributed by atoms with E-state index in [4.69, 9.17) is 5.26 Å². The number of hydrogen-bond acceptors (Lipinski definition) is 3. The molecule has 0 aromatic rings. The summed E-state index contributed by atoms with van der Waals surface area (Å²) in [6, 6.07) is 1.50. The number of ether oxygens (including phenoxy) is 1. The van der Waals surface area contributed by atoms with Gasteiger partial charge in [0.1, 0.15) is 0 Å². The molecule has 0 saturated carbocycles. The van der Waals surface area contributed by atoms with Gasteiger partial charge >= 0.3 is 0 Å². The van der Waals surface area contributed by atoms with Crippen molar-refractivity contribution in [2.45, 2.75) is 0 Å². The number of nitrogens with zero attached hydrogens (tertiary/aromatic N) is 1. The summed E-state index contributed by atoms with van der Waals surface area (Å²) in [6.45, 7) is 5.69. The second-order valence-corrected chi connectivity index (χ2v) is 0.734. The molecule has 0 atom stereocenters. The Hall–Kier alpha value is 2.01. The molecule has 0 aromatic heterocycles. The molecule has 0 aliphatic heterocycles. The molecule has 0 fully saturated rings. The summed E-state index contributed by atoms with van der Waals surface area (Å²) >= 11 is 0. The van der Waals surface area contributed by atoms with Crippen LogP contribution in [0.15, 0.2) is 0 Å². The van der Waals surface area contributed by atoms with Crippen molar-refractivity contribution in [2.75, 3.05) is 7.11 Å². The van der Waals surface area contributed by atoms with E-state index in [0.29, 0.717) is 0 Å². The summed E-state index contributed by atoms with van der Waals surface area (Å²) in [6.07, 6.45) is 0. The molecule has 0 aromatic carbocycles. The Balaban J connectivity index is -0.0000000119. The van der Waals surface area contributed by atoms with Crippen LogP contribution in [-0.4, -0.2) is 13.1 Å². The number of methoxy groups -OCH3 is 1. The molecule has 0 N–H and O–H groups in total. The zero-order valence-electron chi connectivity index (χ0n) is 7.41. The van der Waals surface area contributed by atoms with Crippen molar-refractivity contribution in [3.63, 3.8) is 0 Å². The molecule has 0 aliphatic carbocycles. The Labute approximate surface area is 150 Å². The smallest absolute Gasteiger partial charge is 0.164 e. The van der Waals surface area contributed by atoms with Crippen molar-refractivity contribution in [3.05, 3.63) is 21.3 Å². The quantitative estimate of drug-likeness (QED) is 0.450. The molecule has 0 bridgehead atoms. The van der Waals surface area contributed by atoms with E-state index in [0.717, 1.165) is 0 Å². The fourth-order valence-corrected chi connectivity index (χ4v) is 0. The number of nitriles is 1. The normalized spacial score (nSPS) is 3.33. The van der Waals surface area contributed by atoms with Gasteiger partial charge in [-0.1, -0.05) is 0 Å². The van der Waals surface area contributed by atoms with E-state index < -0.39 is 5.97 Å². The Kier molecular flexibility index (Phi) is 118. The summed E-state index contributed by atoms with van der Waals surface area (Å²) < 4.78 is 4.00. The van der Waals surface area contributed by atoms with Gasteiger partial charge < -0.3 is 19.1 Å². The van der Waals surface area contributed by atoms with E-state index in [2.05, 4.69) is 18.6 Å². The predicted molar refractivity (Wildman–Crippen MR) is 34.8 cm³/mol. The molecule has 12 heavy (non-hydrogen) atoms. The maximum absolute atomic E-state index is 9.48. The fraction of sp³-hybridized carbons (Fsp3) is 0.167. The first kappa shape index (κ1) is 37.0. The molecule has 0 unspecified atom stereocenters. The van der Waals surface area contributed by atoms with E-state index in [1.807, 2.05) is 0 Å². The Bertz CT molecular complexity index is 103. The van der Waals surface area contributed by atoms with E-state index in [1.165, 1.54) is 13.2 Å². The van der Waals surface area contributed by atoms with Gasteiger partial charge in [-0.15, -0.1) is 6.07 Å². The molecule has 0 saturated heterocycles. The van der Waals surface area contributed by atoms with Crippen LogP contribution in [0.3, 0.4) is 0 Å². The van der Waals surface area contributed by atoms with Crippen LogP contribution in [0.25, 0.3) is 0 Å². The van der Waals surface area contributed by atoms with E-state index in [9.17, 15) is 4.79 Å². The fourth-order valence-electron chi connectivity index (χ4n) is 0. The number of rotatable bonds is 0. The molecular weight excluding hydrogens is 385 g/mol. The first-order valence-corrected chi connectivity index (χ1v) is 1.75. The van der Waals surface area contributed by atoms with Crippen LogP contribution in [0.5, 0.6) is 0 Å². The topological polar surface area (TPSA) is 50.1 Å². The molecule has 0 heterocycles. The molecule has 0 spiro atoms. The zero-order chi connectivity index (χ0) is 6.99. The third-order valence-corrected chi connectivity index (χ3v) is 0.228. The van der Waals surface area contributed by atoms with Crippen LogP contribution in [0.2, 0.25) is 0 Å². The Morgan fingerprint density at radius 3 is 1.50 bits per heavy atom. The van der Waals surface area contributed by atoms with Crippen molar-refractivity contribution in [1.82, 2.24) is 0 Å². The van der Waals surface area contributed by atoms with Crippen LogP contribution in [0, 0.1) is 32.6 Å². The first-order valence-electron chi connectivity index (χ1n) is 1.75. The molecule has 0 rings (SSSR count). The van der Waals surface area contributed by atoms with Gasteiger partial charge in [0.05, 0.1) is 7.11 Å². The van der Waals surface area contributed by atoms with Crippen LogP contribution >= 0.6 is 0 Å². The largest absolute Gasteiger partial charge is 0.492 e. The van der Waals surface area contributed by atoms with Crippen LogP contribution in [0.1, 0.15) is 0 Å². The van der Waals surface area contributed by atoms with Crippen LogP contribution in [-0.2, 0) is 108 Å². The van der Waals surface area contributed by atoms with Gasteiger partial charge in [-0.25, -0.2) is 5.26 Å². The molecule has 3 nitrogen and oxygen atoms in total. The van der Waals surface area contributed by atoms with Crippen molar-refractivity contribution in [3.8, 4) is 6.07 Å². The zero-order valence-corrected chi connectivity index (χ0v) is 15.9. The molecular formula is C6H10NO2Y3-3. The van der Waals surface area contributed by atoms with E-state index >= 15 is 0 Å². The van der Waals surface area contributed by atoms with Crippen molar-refractivity contribution in [2.24, 2.45) is 0 Å². The van der Waals surface area contributed by atoms with Gasteiger partial charge in [0, 0.05) is 98.1 Å². The Morgan fingerprint density at radius 1 is 1.42 bits per heavy atom. The Morgan fingerprint density at radius 2 is 1.50 bits per heavy atom. The standard InChI is InChI=1S/C3H5O2.C2H2N.CH3.3Y/c1-3(4)5-2;1-2-3;;;;/h1H2,2H3;1H2;1H3;;;/q3*-1;;;. The summed E-state index contributed by atoms with van der Waals surface area (Å²) in [5.74, 6) is -0.495.